The molecule has 1 fully saturated rings. The third-order valence-corrected chi connectivity index (χ3v) is 3.40. The Hall–Kier alpha value is -0.0800. The second-order valence-corrected chi connectivity index (χ2v) is 4.72. The first-order valence-corrected chi connectivity index (χ1v) is 6.13. The second-order valence-electron chi connectivity index (χ2n) is 4.72. The summed E-state index contributed by atoms with van der Waals surface area (Å²) >= 11 is 0. The standard InChI is InChI=1S/C12H25NO/c1-3-12(7-8-14)13-10(2)9-11-5-4-6-11/h10-14H,3-9H2,1-2H3. The Kier molecular flexibility index (Phi) is 5.49. The number of nitrogens with one attached hydrogen (secondary N) is 1. The zero-order chi connectivity index (χ0) is 10.4. The van der Waals surface area contributed by atoms with Crippen molar-refractivity contribution in [3.63, 3.8) is 0 Å². The molecule has 0 aromatic carbocycles. The monoisotopic (exact) mass is 199 g/mol. The van der Waals surface area contributed by atoms with Crippen molar-refractivity contribution in [1.29, 1.82) is 0 Å². The fourth-order valence-corrected chi connectivity index (χ4v) is 2.26. The topological polar surface area (TPSA) is 32.3 Å². The van der Waals surface area contributed by atoms with Gasteiger partial charge in [-0.3, -0.25) is 0 Å². The van der Waals surface area contributed by atoms with Gasteiger partial charge in [-0.25, -0.2) is 0 Å². The summed E-state index contributed by atoms with van der Waals surface area (Å²) in [7, 11) is 0. The molecule has 2 atom stereocenters. The minimum absolute atomic E-state index is 0.307. The Morgan fingerprint density at radius 2 is 2.14 bits per heavy atom. The molecular weight excluding hydrogens is 174 g/mol. The lowest BCUT2D eigenvalue weighted by atomic mass is 9.81. The SMILES string of the molecule is CCC(CCO)NC(C)CC1CCC1. The molecule has 1 saturated carbocycles. The maximum Gasteiger partial charge on any atom is 0.0445 e. The molecule has 0 bridgehead atoms. The molecule has 1 rings (SSSR count). The average Bonchev–Trinajstić information content (AvgIpc) is 2.11. The van der Waals surface area contributed by atoms with Gasteiger partial charge in [0, 0.05) is 18.7 Å². The average molecular weight is 199 g/mol. The molecule has 14 heavy (non-hydrogen) atoms. The Labute approximate surface area is 88.1 Å². The highest BCUT2D eigenvalue weighted by Gasteiger charge is 2.20. The smallest absolute Gasteiger partial charge is 0.0445 e. The molecule has 0 aliphatic heterocycles. The zero-order valence-corrected chi connectivity index (χ0v) is 9.63. The van der Waals surface area contributed by atoms with Gasteiger partial charge in [-0.05, 0) is 32.1 Å². The number of hydrogen-bond donors (Lipinski definition) is 2. The molecule has 0 spiro atoms. The molecule has 0 heterocycles. The van der Waals surface area contributed by atoms with Crippen molar-refractivity contribution in [2.45, 2.75) is 64.5 Å². The number of aliphatic hydroxyl groups is 1. The lowest BCUT2D eigenvalue weighted by molar-refractivity contribution is 0.231. The summed E-state index contributed by atoms with van der Waals surface area (Å²) in [4.78, 5) is 0. The molecule has 2 unspecified atom stereocenters. The number of hydrogen-bond acceptors (Lipinski definition) is 2. The van der Waals surface area contributed by atoms with E-state index >= 15 is 0 Å². The maximum absolute atomic E-state index is 8.88. The molecule has 0 radical (unpaired) electrons. The largest absolute Gasteiger partial charge is 0.396 e. The van der Waals surface area contributed by atoms with E-state index in [2.05, 4.69) is 19.2 Å². The highest BCUT2D eigenvalue weighted by Crippen LogP contribution is 2.30. The van der Waals surface area contributed by atoms with Gasteiger partial charge in [0.2, 0.25) is 0 Å². The molecular formula is C12H25NO. The van der Waals surface area contributed by atoms with Crippen LogP contribution in [-0.4, -0.2) is 23.8 Å². The predicted octanol–water partition coefficient (Wildman–Crippen LogP) is 2.32. The van der Waals surface area contributed by atoms with E-state index in [1.165, 1.54) is 25.7 Å². The molecule has 84 valence electrons. The first kappa shape index (κ1) is 12.0. The van der Waals surface area contributed by atoms with Gasteiger partial charge in [-0.15, -0.1) is 0 Å². The third kappa shape index (κ3) is 3.97. The summed E-state index contributed by atoms with van der Waals surface area (Å²) in [6.07, 6.45) is 7.64. The maximum atomic E-state index is 8.88. The van der Waals surface area contributed by atoms with E-state index < -0.39 is 0 Å². The minimum atomic E-state index is 0.307. The van der Waals surface area contributed by atoms with E-state index in [9.17, 15) is 0 Å². The van der Waals surface area contributed by atoms with Crippen LogP contribution >= 0.6 is 0 Å². The summed E-state index contributed by atoms with van der Waals surface area (Å²) in [6, 6.07) is 1.13. The fourth-order valence-electron chi connectivity index (χ4n) is 2.26. The summed E-state index contributed by atoms with van der Waals surface area (Å²) < 4.78 is 0. The van der Waals surface area contributed by atoms with Crippen LogP contribution in [0.5, 0.6) is 0 Å². The normalized spacial score (nSPS) is 21.6. The number of rotatable bonds is 7. The van der Waals surface area contributed by atoms with E-state index in [4.69, 9.17) is 5.11 Å². The van der Waals surface area contributed by atoms with Gasteiger partial charge >= 0.3 is 0 Å². The van der Waals surface area contributed by atoms with Crippen LogP contribution in [0, 0.1) is 5.92 Å². The van der Waals surface area contributed by atoms with E-state index in [-0.39, 0.29) is 0 Å². The first-order chi connectivity index (χ1) is 6.76. The van der Waals surface area contributed by atoms with E-state index in [1.54, 1.807) is 0 Å². The van der Waals surface area contributed by atoms with Crippen LogP contribution in [0.4, 0.5) is 0 Å². The molecule has 0 aromatic heterocycles. The van der Waals surface area contributed by atoms with Crippen LogP contribution < -0.4 is 5.32 Å². The van der Waals surface area contributed by atoms with E-state index in [0.29, 0.717) is 18.7 Å². The highest BCUT2D eigenvalue weighted by atomic mass is 16.3. The van der Waals surface area contributed by atoms with Gasteiger partial charge in [-0.2, -0.15) is 0 Å². The molecule has 0 amide bonds. The first-order valence-electron chi connectivity index (χ1n) is 6.13. The van der Waals surface area contributed by atoms with Crippen molar-refractivity contribution in [2.75, 3.05) is 6.61 Å². The van der Waals surface area contributed by atoms with Crippen LogP contribution in [0.1, 0.15) is 52.4 Å². The van der Waals surface area contributed by atoms with Crippen molar-refractivity contribution in [1.82, 2.24) is 5.32 Å². The predicted molar refractivity (Wildman–Crippen MR) is 60.3 cm³/mol. The van der Waals surface area contributed by atoms with Gasteiger partial charge in [0.25, 0.3) is 0 Å². The van der Waals surface area contributed by atoms with E-state index in [1.807, 2.05) is 0 Å². The molecule has 0 saturated heterocycles. The van der Waals surface area contributed by atoms with Crippen molar-refractivity contribution in [2.24, 2.45) is 5.92 Å². The van der Waals surface area contributed by atoms with Crippen molar-refractivity contribution in [3.8, 4) is 0 Å². The van der Waals surface area contributed by atoms with Crippen LogP contribution in [0.2, 0.25) is 0 Å². The van der Waals surface area contributed by atoms with E-state index in [0.717, 1.165) is 18.8 Å². The van der Waals surface area contributed by atoms with Crippen LogP contribution in [0.25, 0.3) is 0 Å². The third-order valence-electron chi connectivity index (χ3n) is 3.40. The molecule has 1 aliphatic carbocycles. The Morgan fingerprint density at radius 3 is 2.57 bits per heavy atom. The summed E-state index contributed by atoms with van der Waals surface area (Å²) in [5, 5.41) is 12.5. The molecule has 2 nitrogen and oxygen atoms in total. The Morgan fingerprint density at radius 1 is 1.43 bits per heavy atom. The van der Waals surface area contributed by atoms with Gasteiger partial charge in [0.1, 0.15) is 0 Å². The van der Waals surface area contributed by atoms with Crippen LogP contribution in [0.3, 0.4) is 0 Å². The zero-order valence-electron chi connectivity index (χ0n) is 9.63. The molecule has 2 heteroatoms. The van der Waals surface area contributed by atoms with Gasteiger partial charge in [0.15, 0.2) is 0 Å². The highest BCUT2D eigenvalue weighted by molar-refractivity contribution is 4.77. The van der Waals surface area contributed by atoms with Crippen LogP contribution in [0.15, 0.2) is 0 Å². The van der Waals surface area contributed by atoms with Crippen molar-refractivity contribution < 1.29 is 5.11 Å². The fraction of sp³-hybridized carbons (Fsp3) is 1.00. The summed E-state index contributed by atoms with van der Waals surface area (Å²) in [5.41, 5.74) is 0. The van der Waals surface area contributed by atoms with Gasteiger partial charge < -0.3 is 10.4 Å². The molecule has 1 aliphatic rings. The lowest BCUT2D eigenvalue weighted by Gasteiger charge is -2.30. The van der Waals surface area contributed by atoms with Gasteiger partial charge in [-0.1, -0.05) is 26.2 Å². The second kappa shape index (κ2) is 6.41. The summed E-state index contributed by atoms with van der Waals surface area (Å²) in [6.45, 7) is 4.77. The Bertz CT molecular complexity index is 145. The quantitative estimate of drug-likeness (QED) is 0.659. The van der Waals surface area contributed by atoms with Crippen molar-refractivity contribution >= 4 is 0 Å². The van der Waals surface area contributed by atoms with Gasteiger partial charge in [0.05, 0.1) is 0 Å². The lowest BCUT2D eigenvalue weighted by Crippen LogP contribution is -2.38. The summed E-state index contributed by atoms with van der Waals surface area (Å²) in [5.74, 6) is 0.976. The molecule has 2 N–H and O–H groups in total. The number of aliphatic hydroxyl groups excluding tert-OH is 1. The molecule has 0 aromatic rings. The minimum Gasteiger partial charge on any atom is -0.396 e. The van der Waals surface area contributed by atoms with Crippen molar-refractivity contribution in [3.05, 3.63) is 0 Å². The Balaban J connectivity index is 2.12. The van der Waals surface area contributed by atoms with Crippen LogP contribution in [-0.2, 0) is 0 Å².